The molecule has 0 radical (unpaired) electrons. The van der Waals surface area contributed by atoms with E-state index in [1.54, 1.807) is 6.33 Å². The predicted octanol–water partition coefficient (Wildman–Crippen LogP) is 1.16. The minimum atomic E-state index is -0.125. The smallest absolute Gasteiger partial charge is 0.257 e. The molecule has 0 fully saturated rings. The number of imidazole rings is 1. The topological polar surface area (TPSA) is 56.2 Å². The van der Waals surface area contributed by atoms with Gasteiger partial charge in [0.25, 0.3) is 5.91 Å². The van der Waals surface area contributed by atoms with E-state index in [1.807, 2.05) is 48.1 Å². The van der Waals surface area contributed by atoms with Crippen LogP contribution in [0.25, 0.3) is 0 Å². The molecule has 19 heavy (non-hydrogen) atoms. The Morgan fingerprint density at radius 2 is 2.16 bits per heavy atom. The van der Waals surface area contributed by atoms with E-state index in [0.29, 0.717) is 12.3 Å². The molecule has 0 atom stereocenters. The number of para-hydroxylation sites is 1. The molecular formula is C14H17N3O2. The van der Waals surface area contributed by atoms with Gasteiger partial charge in [-0.15, -0.1) is 0 Å². The highest BCUT2D eigenvalue weighted by molar-refractivity contribution is 5.77. The van der Waals surface area contributed by atoms with Crippen molar-refractivity contribution in [3.8, 4) is 5.75 Å². The number of hydrogen-bond donors (Lipinski definition) is 1. The van der Waals surface area contributed by atoms with Gasteiger partial charge in [0.1, 0.15) is 5.75 Å². The molecule has 0 unspecified atom stereocenters. The van der Waals surface area contributed by atoms with E-state index in [1.165, 1.54) is 0 Å². The number of nitrogens with one attached hydrogen (secondary N) is 1. The van der Waals surface area contributed by atoms with Gasteiger partial charge in [-0.1, -0.05) is 18.2 Å². The first kappa shape index (κ1) is 13.1. The third-order valence-corrected chi connectivity index (χ3v) is 2.57. The number of benzene rings is 1. The van der Waals surface area contributed by atoms with Crippen molar-refractivity contribution in [1.29, 1.82) is 0 Å². The number of carbonyl (C=O) groups is 1. The third-order valence-electron chi connectivity index (χ3n) is 2.57. The van der Waals surface area contributed by atoms with Crippen LogP contribution in [0.3, 0.4) is 0 Å². The Balaban J connectivity index is 1.65. The SMILES string of the molecule is Cn1cnc(CCNC(=O)COc2ccccc2)c1. The van der Waals surface area contributed by atoms with Crippen LogP contribution in [-0.2, 0) is 18.3 Å². The molecule has 1 aromatic carbocycles. The molecule has 1 N–H and O–H groups in total. The first-order valence-electron chi connectivity index (χ1n) is 6.15. The molecule has 1 heterocycles. The van der Waals surface area contributed by atoms with Gasteiger partial charge in [-0.3, -0.25) is 4.79 Å². The van der Waals surface area contributed by atoms with Gasteiger partial charge in [0.15, 0.2) is 6.61 Å². The maximum Gasteiger partial charge on any atom is 0.257 e. The summed E-state index contributed by atoms with van der Waals surface area (Å²) < 4.78 is 7.23. The van der Waals surface area contributed by atoms with Crippen molar-refractivity contribution in [2.75, 3.05) is 13.2 Å². The second-order valence-electron chi connectivity index (χ2n) is 4.23. The molecule has 2 aromatic rings. The van der Waals surface area contributed by atoms with Crippen molar-refractivity contribution < 1.29 is 9.53 Å². The lowest BCUT2D eigenvalue weighted by molar-refractivity contribution is -0.123. The predicted molar refractivity (Wildman–Crippen MR) is 71.9 cm³/mol. The Morgan fingerprint density at radius 1 is 1.37 bits per heavy atom. The van der Waals surface area contributed by atoms with Crippen LogP contribution in [0.4, 0.5) is 0 Å². The average molecular weight is 259 g/mol. The summed E-state index contributed by atoms with van der Waals surface area (Å²) in [6.07, 6.45) is 4.40. The van der Waals surface area contributed by atoms with E-state index in [4.69, 9.17) is 4.74 Å². The zero-order chi connectivity index (χ0) is 13.5. The quantitative estimate of drug-likeness (QED) is 0.847. The number of carbonyl (C=O) groups excluding carboxylic acids is 1. The maximum absolute atomic E-state index is 11.6. The van der Waals surface area contributed by atoms with Gasteiger partial charge in [-0.25, -0.2) is 4.98 Å². The molecule has 2 rings (SSSR count). The number of amides is 1. The van der Waals surface area contributed by atoms with Crippen molar-refractivity contribution in [3.05, 3.63) is 48.5 Å². The van der Waals surface area contributed by atoms with Gasteiger partial charge in [-0.2, -0.15) is 0 Å². The summed E-state index contributed by atoms with van der Waals surface area (Å²) >= 11 is 0. The van der Waals surface area contributed by atoms with Gasteiger partial charge in [-0.05, 0) is 12.1 Å². The maximum atomic E-state index is 11.6. The van der Waals surface area contributed by atoms with Crippen LogP contribution in [-0.4, -0.2) is 28.6 Å². The fourth-order valence-electron chi connectivity index (χ4n) is 1.64. The van der Waals surface area contributed by atoms with Crippen LogP contribution in [0.5, 0.6) is 5.75 Å². The van der Waals surface area contributed by atoms with Crippen LogP contribution < -0.4 is 10.1 Å². The summed E-state index contributed by atoms with van der Waals surface area (Å²) in [7, 11) is 1.92. The minimum absolute atomic E-state index is 0.0340. The summed E-state index contributed by atoms with van der Waals surface area (Å²) in [5, 5.41) is 2.80. The fraction of sp³-hybridized carbons (Fsp3) is 0.286. The van der Waals surface area contributed by atoms with Gasteiger partial charge in [0, 0.05) is 26.2 Å². The Hall–Kier alpha value is -2.30. The van der Waals surface area contributed by atoms with Crippen LogP contribution in [0.1, 0.15) is 5.69 Å². The van der Waals surface area contributed by atoms with E-state index in [2.05, 4.69) is 10.3 Å². The Kier molecular flexibility index (Phi) is 4.55. The molecule has 0 spiro atoms. The highest BCUT2D eigenvalue weighted by Crippen LogP contribution is 2.07. The number of ether oxygens (including phenoxy) is 1. The number of rotatable bonds is 6. The van der Waals surface area contributed by atoms with Crippen molar-refractivity contribution in [1.82, 2.24) is 14.9 Å². The first-order chi connectivity index (χ1) is 9.24. The molecule has 5 nitrogen and oxygen atoms in total. The molecule has 0 aliphatic rings. The van der Waals surface area contributed by atoms with E-state index in [9.17, 15) is 4.79 Å². The van der Waals surface area contributed by atoms with Crippen molar-refractivity contribution in [2.45, 2.75) is 6.42 Å². The van der Waals surface area contributed by atoms with Gasteiger partial charge < -0.3 is 14.6 Å². The molecule has 0 bridgehead atoms. The van der Waals surface area contributed by atoms with Gasteiger partial charge in [0.05, 0.1) is 12.0 Å². The zero-order valence-electron chi connectivity index (χ0n) is 10.9. The molecule has 0 saturated heterocycles. The highest BCUT2D eigenvalue weighted by Gasteiger charge is 2.03. The molecular weight excluding hydrogens is 242 g/mol. The average Bonchev–Trinajstić information content (AvgIpc) is 2.83. The second-order valence-corrected chi connectivity index (χ2v) is 4.23. The molecule has 1 amide bonds. The lowest BCUT2D eigenvalue weighted by Crippen LogP contribution is -2.30. The largest absolute Gasteiger partial charge is 0.484 e. The normalized spacial score (nSPS) is 10.2. The Bertz CT molecular complexity index is 522. The van der Waals surface area contributed by atoms with Crippen LogP contribution in [0, 0.1) is 0 Å². The van der Waals surface area contributed by atoms with E-state index in [-0.39, 0.29) is 12.5 Å². The molecule has 100 valence electrons. The Labute approximate surface area is 112 Å². The van der Waals surface area contributed by atoms with E-state index in [0.717, 1.165) is 12.1 Å². The number of nitrogens with zero attached hydrogens (tertiary/aromatic N) is 2. The standard InChI is InChI=1S/C14H17N3O2/c1-17-9-12(16-11-17)7-8-15-14(18)10-19-13-5-3-2-4-6-13/h2-6,9,11H,7-8,10H2,1H3,(H,15,18). The van der Waals surface area contributed by atoms with Crippen molar-refractivity contribution in [3.63, 3.8) is 0 Å². The summed E-state index contributed by atoms with van der Waals surface area (Å²) in [5.41, 5.74) is 0.965. The number of aryl methyl sites for hydroxylation is 1. The highest BCUT2D eigenvalue weighted by atomic mass is 16.5. The number of hydrogen-bond acceptors (Lipinski definition) is 3. The molecule has 1 aromatic heterocycles. The summed E-state index contributed by atoms with van der Waals surface area (Å²) in [6, 6.07) is 9.28. The number of aromatic nitrogens is 2. The molecule has 0 aliphatic heterocycles. The third kappa shape index (κ3) is 4.46. The van der Waals surface area contributed by atoms with Gasteiger partial charge >= 0.3 is 0 Å². The summed E-state index contributed by atoms with van der Waals surface area (Å²) in [4.78, 5) is 15.7. The van der Waals surface area contributed by atoms with Crippen molar-refractivity contribution in [2.24, 2.45) is 7.05 Å². The lowest BCUT2D eigenvalue weighted by atomic mass is 10.3. The monoisotopic (exact) mass is 259 g/mol. The van der Waals surface area contributed by atoms with Crippen LogP contribution >= 0.6 is 0 Å². The summed E-state index contributed by atoms with van der Waals surface area (Å²) in [5.74, 6) is 0.571. The summed E-state index contributed by atoms with van der Waals surface area (Å²) in [6.45, 7) is 0.597. The van der Waals surface area contributed by atoms with Gasteiger partial charge in [0.2, 0.25) is 0 Å². The second kappa shape index (κ2) is 6.58. The lowest BCUT2D eigenvalue weighted by Gasteiger charge is -2.06. The minimum Gasteiger partial charge on any atom is -0.484 e. The molecule has 0 aliphatic carbocycles. The fourth-order valence-corrected chi connectivity index (χ4v) is 1.64. The molecule has 5 heteroatoms. The van der Waals surface area contributed by atoms with Crippen LogP contribution in [0.15, 0.2) is 42.9 Å². The Morgan fingerprint density at radius 3 is 2.84 bits per heavy atom. The molecule has 0 saturated carbocycles. The zero-order valence-corrected chi connectivity index (χ0v) is 10.9. The van der Waals surface area contributed by atoms with Crippen LogP contribution in [0.2, 0.25) is 0 Å². The first-order valence-corrected chi connectivity index (χ1v) is 6.15. The van der Waals surface area contributed by atoms with E-state index < -0.39 is 0 Å². The van der Waals surface area contributed by atoms with Crippen molar-refractivity contribution >= 4 is 5.91 Å². The van der Waals surface area contributed by atoms with E-state index >= 15 is 0 Å².